The van der Waals surface area contributed by atoms with E-state index in [4.69, 9.17) is 0 Å². The number of aromatic nitrogens is 1. The zero-order chi connectivity index (χ0) is 9.97. The molecule has 0 N–H and O–H groups in total. The second-order valence-corrected chi connectivity index (χ2v) is 3.13. The van der Waals surface area contributed by atoms with Gasteiger partial charge in [0, 0.05) is 22.7 Å². The smallest absolute Gasteiger partial charge is 0.150 e. The highest BCUT2D eigenvalue weighted by atomic mass is 19.1. The molecule has 1 aromatic carbocycles. The standard InChI is InChI=1S/C11H10FNO/c12-4-6-13-5-3-10-7-9(8-14)1-2-11(10)13/h1-3,5,7-8H,4,6H2. The van der Waals surface area contributed by atoms with Crippen molar-refractivity contribution >= 4 is 17.2 Å². The summed E-state index contributed by atoms with van der Waals surface area (Å²) in [6.07, 6.45) is 2.64. The molecule has 0 bridgehead atoms. The first kappa shape index (κ1) is 8.94. The summed E-state index contributed by atoms with van der Waals surface area (Å²) in [6.45, 7) is -0.0108. The fraction of sp³-hybridized carbons (Fsp3) is 0.182. The van der Waals surface area contributed by atoms with Crippen LogP contribution in [0.4, 0.5) is 4.39 Å². The summed E-state index contributed by atoms with van der Waals surface area (Å²) in [5.41, 5.74) is 1.61. The largest absolute Gasteiger partial charge is 0.345 e. The molecule has 0 aliphatic heterocycles. The van der Waals surface area contributed by atoms with Gasteiger partial charge in [0.25, 0.3) is 0 Å². The molecular weight excluding hydrogens is 181 g/mol. The van der Waals surface area contributed by atoms with Crippen molar-refractivity contribution in [1.82, 2.24) is 4.57 Å². The normalized spacial score (nSPS) is 10.6. The predicted octanol–water partition coefficient (Wildman–Crippen LogP) is 2.42. The number of carbonyl (C=O) groups is 1. The molecule has 14 heavy (non-hydrogen) atoms. The van der Waals surface area contributed by atoms with E-state index < -0.39 is 0 Å². The number of hydrogen-bond donors (Lipinski definition) is 0. The van der Waals surface area contributed by atoms with Crippen LogP contribution in [0.5, 0.6) is 0 Å². The number of rotatable bonds is 3. The van der Waals surface area contributed by atoms with Crippen LogP contribution in [0.1, 0.15) is 10.4 Å². The lowest BCUT2D eigenvalue weighted by molar-refractivity contribution is 0.112. The van der Waals surface area contributed by atoms with Gasteiger partial charge in [-0.25, -0.2) is 4.39 Å². The Kier molecular flexibility index (Phi) is 2.31. The van der Waals surface area contributed by atoms with E-state index in [1.807, 2.05) is 22.9 Å². The van der Waals surface area contributed by atoms with Crippen molar-refractivity contribution in [1.29, 1.82) is 0 Å². The van der Waals surface area contributed by atoms with Gasteiger partial charge < -0.3 is 4.57 Å². The molecule has 0 spiro atoms. The van der Waals surface area contributed by atoms with Crippen LogP contribution in [0.3, 0.4) is 0 Å². The van der Waals surface area contributed by atoms with Crippen molar-refractivity contribution in [2.24, 2.45) is 0 Å². The van der Waals surface area contributed by atoms with Crippen molar-refractivity contribution in [2.75, 3.05) is 6.67 Å². The van der Waals surface area contributed by atoms with Gasteiger partial charge in [0.15, 0.2) is 0 Å². The van der Waals surface area contributed by atoms with Gasteiger partial charge in [0.1, 0.15) is 13.0 Å². The average Bonchev–Trinajstić information content (AvgIpc) is 2.61. The Morgan fingerprint density at radius 2 is 2.21 bits per heavy atom. The minimum Gasteiger partial charge on any atom is -0.345 e. The van der Waals surface area contributed by atoms with Gasteiger partial charge in [-0.2, -0.15) is 0 Å². The Morgan fingerprint density at radius 1 is 1.36 bits per heavy atom. The number of fused-ring (bicyclic) bond motifs is 1. The van der Waals surface area contributed by atoms with Gasteiger partial charge in [-0.3, -0.25) is 4.79 Å². The lowest BCUT2D eigenvalue weighted by Crippen LogP contribution is -1.96. The van der Waals surface area contributed by atoms with Gasteiger partial charge in [-0.15, -0.1) is 0 Å². The third-order valence-electron chi connectivity index (χ3n) is 2.26. The number of hydrogen-bond acceptors (Lipinski definition) is 1. The molecule has 0 amide bonds. The summed E-state index contributed by atoms with van der Waals surface area (Å²) in [7, 11) is 0. The Balaban J connectivity index is 2.53. The molecule has 72 valence electrons. The van der Waals surface area contributed by atoms with E-state index >= 15 is 0 Å². The first-order valence-corrected chi connectivity index (χ1v) is 4.45. The Bertz CT molecular complexity index is 461. The molecule has 0 unspecified atom stereocenters. The highest BCUT2D eigenvalue weighted by Crippen LogP contribution is 2.16. The zero-order valence-corrected chi connectivity index (χ0v) is 7.61. The van der Waals surface area contributed by atoms with Crippen molar-refractivity contribution < 1.29 is 9.18 Å². The minimum atomic E-state index is -0.376. The zero-order valence-electron chi connectivity index (χ0n) is 7.61. The maximum Gasteiger partial charge on any atom is 0.150 e. The van der Waals surface area contributed by atoms with E-state index in [1.165, 1.54) is 0 Å². The van der Waals surface area contributed by atoms with Crippen molar-refractivity contribution in [3.63, 3.8) is 0 Å². The topological polar surface area (TPSA) is 22.0 Å². The van der Waals surface area contributed by atoms with E-state index in [0.717, 1.165) is 17.2 Å². The summed E-state index contributed by atoms with van der Waals surface area (Å²) in [4.78, 5) is 10.5. The average molecular weight is 191 g/mol. The number of nitrogens with zero attached hydrogens (tertiary/aromatic N) is 1. The number of aryl methyl sites for hydroxylation is 1. The lowest BCUT2D eigenvalue weighted by atomic mass is 10.2. The number of aldehydes is 1. The van der Waals surface area contributed by atoms with E-state index in [1.54, 1.807) is 12.1 Å². The maximum absolute atomic E-state index is 12.2. The second kappa shape index (κ2) is 3.62. The fourth-order valence-corrected chi connectivity index (χ4v) is 1.58. The van der Waals surface area contributed by atoms with Gasteiger partial charge in [0.2, 0.25) is 0 Å². The van der Waals surface area contributed by atoms with Gasteiger partial charge in [0.05, 0.1) is 6.54 Å². The van der Waals surface area contributed by atoms with E-state index in [2.05, 4.69) is 0 Å². The van der Waals surface area contributed by atoms with Crippen LogP contribution in [0, 0.1) is 0 Å². The molecule has 0 radical (unpaired) electrons. The number of alkyl halides is 1. The second-order valence-electron chi connectivity index (χ2n) is 3.13. The molecule has 1 aromatic heterocycles. The third kappa shape index (κ3) is 1.41. The molecule has 2 rings (SSSR count). The summed E-state index contributed by atoms with van der Waals surface area (Å²) in [6, 6.07) is 7.27. The third-order valence-corrected chi connectivity index (χ3v) is 2.26. The van der Waals surface area contributed by atoms with Crippen LogP contribution >= 0.6 is 0 Å². The molecule has 0 aliphatic rings. The SMILES string of the molecule is O=Cc1ccc2c(ccn2CCF)c1. The Morgan fingerprint density at radius 3 is 2.93 bits per heavy atom. The summed E-state index contributed by atoms with van der Waals surface area (Å²) in [5, 5.41) is 0.975. The molecule has 0 atom stereocenters. The number of halogens is 1. The van der Waals surface area contributed by atoms with E-state index in [-0.39, 0.29) is 6.67 Å². The molecule has 1 heterocycles. The first-order valence-electron chi connectivity index (χ1n) is 4.45. The summed E-state index contributed by atoms with van der Waals surface area (Å²) >= 11 is 0. The molecular formula is C11H10FNO. The minimum absolute atomic E-state index is 0.365. The van der Waals surface area contributed by atoms with Gasteiger partial charge in [-0.1, -0.05) is 0 Å². The van der Waals surface area contributed by atoms with Gasteiger partial charge in [-0.05, 0) is 24.3 Å². The molecule has 0 saturated heterocycles. The Labute approximate surface area is 81.0 Å². The highest BCUT2D eigenvalue weighted by Gasteiger charge is 2.00. The van der Waals surface area contributed by atoms with Crippen molar-refractivity contribution in [3.8, 4) is 0 Å². The van der Waals surface area contributed by atoms with Crippen LogP contribution in [0.25, 0.3) is 10.9 Å². The summed E-state index contributed by atoms with van der Waals surface area (Å²) < 4.78 is 14.0. The highest BCUT2D eigenvalue weighted by molar-refractivity contribution is 5.87. The van der Waals surface area contributed by atoms with Crippen LogP contribution < -0.4 is 0 Å². The molecule has 3 heteroatoms. The van der Waals surface area contributed by atoms with Crippen LogP contribution in [-0.2, 0) is 6.54 Å². The molecule has 2 nitrogen and oxygen atoms in total. The number of benzene rings is 1. The predicted molar refractivity (Wildman–Crippen MR) is 53.3 cm³/mol. The molecule has 0 aliphatic carbocycles. The van der Waals surface area contributed by atoms with Crippen LogP contribution in [-0.4, -0.2) is 17.5 Å². The molecule has 2 aromatic rings. The quantitative estimate of drug-likeness (QED) is 0.683. The maximum atomic E-state index is 12.2. The Hall–Kier alpha value is -1.64. The van der Waals surface area contributed by atoms with Crippen LogP contribution in [0.15, 0.2) is 30.5 Å². The molecule has 0 saturated carbocycles. The summed E-state index contributed by atoms with van der Waals surface area (Å²) in [5.74, 6) is 0. The lowest BCUT2D eigenvalue weighted by Gasteiger charge is -2.01. The van der Waals surface area contributed by atoms with Crippen LogP contribution in [0.2, 0.25) is 0 Å². The van der Waals surface area contributed by atoms with E-state index in [0.29, 0.717) is 12.1 Å². The van der Waals surface area contributed by atoms with Crippen molar-refractivity contribution in [3.05, 3.63) is 36.0 Å². The van der Waals surface area contributed by atoms with Gasteiger partial charge >= 0.3 is 0 Å². The van der Waals surface area contributed by atoms with E-state index in [9.17, 15) is 9.18 Å². The number of carbonyl (C=O) groups excluding carboxylic acids is 1. The monoisotopic (exact) mass is 191 g/mol. The fourth-order valence-electron chi connectivity index (χ4n) is 1.58. The van der Waals surface area contributed by atoms with Crippen molar-refractivity contribution in [2.45, 2.75) is 6.54 Å². The first-order chi connectivity index (χ1) is 6.85. The molecule has 0 fully saturated rings.